The van der Waals surface area contributed by atoms with E-state index in [1.54, 1.807) is 4.90 Å². The Kier molecular flexibility index (Phi) is 4.48. The number of likely N-dealkylation sites (N-methyl/N-ethyl adjacent to an activating group) is 2. The summed E-state index contributed by atoms with van der Waals surface area (Å²) in [5, 5.41) is 0. The van der Waals surface area contributed by atoms with E-state index in [0.717, 1.165) is 13.0 Å². The number of carbonyl (C=O) groups is 1. The van der Waals surface area contributed by atoms with Crippen LogP contribution in [0.3, 0.4) is 0 Å². The lowest BCUT2D eigenvalue weighted by Crippen LogP contribution is -2.46. The molecule has 1 aliphatic rings. The molecular formula is C18H23N3O2. The molecule has 1 aromatic heterocycles. The summed E-state index contributed by atoms with van der Waals surface area (Å²) in [5.74, 6) is 0.590. The fourth-order valence-electron chi connectivity index (χ4n) is 3.20. The van der Waals surface area contributed by atoms with Gasteiger partial charge in [0, 0.05) is 32.6 Å². The van der Waals surface area contributed by atoms with E-state index in [4.69, 9.17) is 4.42 Å². The molecule has 0 saturated carbocycles. The highest BCUT2D eigenvalue weighted by molar-refractivity contribution is 5.93. The van der Waals surface area contributed by atoms with Crippen molar-refractivity contribution < 1.29 is 9.21 Å². The number of nitrogens with zero attached hydrogens (tertiary/aromatic N) is 3. The van der Waals surface area contributed by atoms with Crippen LogP contribution in [0.2, 0.25) is 0 Å². The van der Waals surface area contributed by atoms with Crippen molar-refractivity contribution in [2.24, 2.45) is 0 Å². The molecule has 122 valence electrons. The highest BCUT2D eigenvalue weighted by Crippen LogP contribution is 2.22. The monoisotopic (exact) mass is 313 g/mol. The number of rotatable bonds is 4. The topological polar surface area (TPSA) is 49.6 Å². The molecule has 0 bridgehead atoms. The van der Waals surface area contributed by atoms with Gasteiger partial charge in [-0.1, -0.05) is 31.2 Å². The summed E-state index contributed by atoms with van der Waals surface area (Å²) in [6.45, 7) is 3.57. The standard InChI is InChI=1S/C18H23N3O2/c1-4-16-17(19-12-23-16)18(22)21(3)11-15-9-13-7-5-6-8-14(13)10-20(15)2/h5-8,12,15H,4,9-11H2,1-3H3/t15-/m0/s1. The summed E-state index contributed by atoms with van der Waals surface area (Å²) in [4.78, 5) is 20.8. The molecule has 0 N–H and O–H groups in total. The van der Waals surface area contributed by atoms with Gasteiger partial charge in [0.2, 0.25) is 0 Å². The molecule has 0 radical (unpaired) electrons. The van der Waals surface area contributed by atoms with Crippen molar-refractivity contribution in [1.29, 1.82) is 0 Å². The Balaban J connectivity index is 1.71. The van der Waals surface area contributed by atoms with Crippen molar-refractivity contribution in [2.45, 2.75) is 32.4 Å². The van der Waals surface area contributed by atoms with Gasteiger partial charge >= 0.3 is 0 Å². The third-order valence-corrected chi connectivity index (χ3v) is 4.61. The van der Waals surface area contributed by atoms with E-state index in [1.165, 1.54) is 17.5 Å². The molecule has 23 heavy (non-hydrogen) atoms. The van der Waals surface area contributed by atoms with Crippen LogP contribution in [0, 0.1) is 0 Å². The van der Waals surface area contributed by atoms with E-state index in [9.17, 15) is 4.79 Å². The van der Waals surface area contributed by atoms with Gasteiger partial charge in [0.25, 0.3) is 5.91 Å². The van der Waals surface area contributed by atoms with Gasteiger partial charge < -0.3 is 9.32 Å². The third kappa shape index (κ3) is 3.15. The number of hydrogen-bond acceptors (Lipinski definition) is 4. The Morgan fingerprint density at radius 1 is 1.39 bits per heavy atom. The molecule has 2 aromatic rings. The first-order chi connectivity index (χ1) is 11.1. The Hall–Kier alpha value is -2.14. The van der Waals surface area contributed by atoms with Crippen molar-refractivity contribution in [3.8, 4) is 0 Å². The lowest BCUT2D eigenvalue weighted by atomic mass is 9.94. The predicted molar refractivity (Wildman–Crippen MR) is 88.2 cm³/mol. The lowest BCUT2D eigenvalue weighted by molar-refractivity contribution is 0.0726. The maximum absolute atomic E-state index is 12.6. The molecule has 1 atom stereocenters. The van der Waals surface area contributed by atoms with Crippen LogP contribution >= 0.6 is 0 Å². The summed E-state index contributed by atoms with van der Waals surface area (Å²) in [7, 11) is 3.96. The van der Waals surface area contributed by atoms with E-state index in [0.29, 0.717) is 30.5 Å². The van der Waals surface area contributed by atoms with Gasteiger partial charge in [0.05, 0.1) is 0 Å². The van der Waals surface area contributed by atoms with Crippen LogP contribution in [0.4, 0.5) is 0 Å². The highest BCUT2D eigenvalue weighted by atomic mass is 16.3. The van der Waals surface area contributed by atoms with Crippen molar-refractivity contribution in [3.05, 3.63) is 53.2 Å². The second kappa shape index (κ2) is 6.54. The van der Waals surface area contributed by atoms with Gasteiger partial charge in [-0.2, -0.15) is 0 Å². The average Bonchev–Trinajstić information content (AvgIpc) is 3.03. The molecule has 0 fully saturated rings. The molecule has 0 aliphatic carbocycles. The minimum absolute atomic E-state index is 0.0668. The van der Waals surface area contributed by atoms with E-state index in [1.807, 2.05) is 14.0 Å². The van der Waals surface area contributed by atoms with Crippen LogP contribution in [0.5, 0.6) is 0 Å². The molecule has 0 spiro atoms. The number of aryl methyl sites for hydroxylation is 1. The van der Waals surface area contributed by atoms with Gasteiger partial charge in [0.15, 0.2) is 12.1 Å². The largest absolute Gasteiger partial charge is 0.448 e. The Labute approximate surface area is 136 Å². The SMILES string of the molecule is CCc1ocnc1C(=O)N(C)C[C@@H]1Cc2ccccc2CN1C. The molecular weight excluding hydrogens is 290 g/mol. The zero-order valence-corrected chi connectivity index (χ0v) is 14.0. The minimum Gasteiger partial charge on any atom is -0.448 e. The second-order valence-electron chi connectivity index (χ2n) is 6.21. The Bertz CT molecular complexity index is 695. The molecule has 1 amide bonds. The van der Waals surface area contributed by atoms with Crippen LogP contribution in [0.1, 0.15) is 34.3 Å². The quantitative estimate of drug-likeness (QED) is 0.869. The zero-order chi connectivity index (χ0) is 16.4. The molecule has 3 rings (SSSR count). The number of hydrogen-bond donors (Lipinski definition) is 0. The molecule has 0 unspecified atom stereocenters. The summed E-state index contributed by atoms with van der Waals surface area (Å²) in [6, 6.07) is 8.85. The first-order valence-corrected chi connectivity index (χ1v) is 8.05. The van der Waals surface area contributed by atoms with E-state index >= 15 is 0 Å². The third-order valence-electron chi connectivity index (χ3n) is 4.61. The van der Waals surface area contributed by atoms with Crippen LogP contribution in [-0.2, 0) is 19.4 Å². The van der Waals surface area contributed by atoms with Crippen LogP contribution in [0.25, 0.3) is 0 Å². The van der Waals surface area contributed by atoms with Gasteiger partial charge in [0.1, 0.15) is 5.76 Å². The Morgan fingerprint density at radius 3 is 2.87 bits per heavy atom. The maximum atomic E-state index is 12.6. The number of carbonyl (C=O) groups excluding carboxylic acids is 1. The van der Waals surface area contributed by atoms with Crippen LogP contribution in [0.15, 0.2) is 35.1 Å². The van der Waals surface area contributed by atoms with E-state index < -0.39 is 0 Å². The number of amides is 1. The highest BCUT2D eigenvalue weighted by Gasteiger charge is 2.27. The molecule has 2 heterocycles. The average molecular weight is 313 g/mol. The molecule has 0 saturated heterocycles. The molecule has 1 aromatic carbocycles. The van der Waals surface area contributed by atoms with Crippen molar-refractivity contribution in [2.75, 3.05) is 20.6 Å². The zero-order valence-electron chi connectivity index (χ0n) is 14.0. The van der Waals surface area contributed by atoms with Gasteiger partial charge in [-0.05, 0) is 24.6 Å². The van der Waals surface area contributed by atoms with Crippen LogP contribution < -0.4 is 0 Å². The first kappa shape index (κ1) is 15.7. The first-order valence-electron chi connectivity index (χ1n) is 8.05. The number of fused-ring (bicyclic) bond motifs is 1. The van der Waals surface area contributed by atoms with Crippen LogP contribution in [-0.4, -0.2) is 47.4 Å². The fourth-order valence-corrected chi connectivity index (χ4v) is 3.20. The van der Waals surface area contributed by atoms with E-state index in [2.05, 4.69) is 41.2 Å². The Morgan fingerprint density at radius 2 is 2.13 bits per heavy atom. The normalized spacial score (nSPS) is 17.8. The molecule has 1 aliphatic heterocycles. The van der Waals surface area contributed by atoms with Gasteiger partial charge in [-0.15, -0.1) is 0 Å². The summed E-state index contributed by atoms with van der Waals surface area (Å²) in [5.41, 5.74) is 3.20. The summed E-state index contributed by atoms with van der Waals surface area (Å²) < 4.78 is 5.27. The predicted octanol–water partition coefficient (Wildman–Crippen LogP) is 2.37. The number of aromatic nitrogens is 1. The van der Waals surface area contributed by atoms with Crippen molar-refractivity contribution in [1.82, 2.24) is 14.8 Å². The maximum Gasteiger partial charge on any atom is 0.275 e. The number of oxazole rings is 1. The smallest absolute Gasteiger partial charge is 0.275 e. The van der Waals surface area contributed by atoms with Crippen molar-refractivity contribution >= 4 is 5.91 Å². The molecule has 5 nitrogen and oxygen atoms in total. The van der Waals surface area contributed by atoms with Gasteiger partial charge in [-0.3, -0.25) is 9.69 Å². The van der Waals surface area contributed by atoms with Crippen molar-refractivity contribution in [3.63, 3.8) is 0 Å². The fraction of sp³-hybridized carbons (Fsp3) is 0.444. The number of benzene rings is 1. The van der Waals surface area contributed by atoms with E-state index in [-0.39, 0.29) is 5.91 Å². The minimum atomic E-state index is -0.0668. The summed E-state index contributed by atoms with van der Waals surface area (Å²) >= 11 is 0. The summed E-state index contributed by atoms with van der Waals surface area (Å²) in [6.07, 6.45) is 2.98. The van der Waals surface area contributed by atoms with Gasteiger partial charge in [-0.25, -0.2) is 4.98 Å². The lowest BCUT2D eigenvalue weighted by Gasteiger charge is -2.36. The second-order valence-corrected chi connectivity index (χ2v) is 6.21. The molecule has 5 heteroatoms.